The highest BCUT2D eigenvalue weighted by Gasteiger charge is 2.26. The van der Waals surface area contributed by atoms with Gasteiger partial charge in [-0.05, 0) is 74.8 Å². The average Bonchev–Trinajstić information content (AvgIpc) is 4.08. The van der Waals surface area contributed by atoms with Crippen molar-refractivity contribution >= 4 is 43.6 Å². The van der Waals surface area contributed by atoms with Crippen molar-refractivity contribution in [1.82, 2.24) is 24.1 Å². The van der Waals surface area contributed by atoms with Crippen LogP contribution in [0.5, 0.6) is 0 Å². The van der Waals surface area contributed by atoms with Crippen LogP contribution in [0.25, 0.3) is 134 Å². The van der Waals surface area contributed by atoms with Crippen molar-refractivity contribution in [3.63, 3.8) is 0 Å². The lowest BCUT2D eigenvalue weighted by Gasteiger charge is -2.20. The minimum Gasteiger partial charge on any atom is -0.306 e. The fourth-order valence-electron chi connectivity index (χ4n) is 11.1. The van der Waals surface area contributed by atoms with E-state index in [0.29, 0.717) is 17.6 Å². The molecule has 11 aromatic carbocycles. The van der Waals surface area contributed by atoms with Gasteiger partial charge in [0.25, 0.3) is 0 Å². The molecule has 0 atom stereocenters. The zero-order valence-electron chi connectivity index (χ0n) is 40.2. The van der Waals surface area contributed by atoms with Crippen LogP contribution in [0.15, 0.2) is 273 Å². The van der Waals surface area contributed by atoms with Crippen LogP contribution >= 0.6 is 0 Å². The number of nitrogens with zero attached hydrogens (tertiary/aromatic N) is 5. The first-order valence-electron chi connectivity index (χ1n) is 25.1. The smallest absolute Gasteiger partial charge is 0.238 e. The summed E-state index contributed by atoms with van der Waals surface area (Å²) in [4.78, 5) is 16.6. The van der Waals surface area contributed by atoms with Crippen LogP contribution in [0.3, 0.4) is 0 Å². The van der Waals surface area contributed by atoms with Crippen molar-refractivity contribution in [2.75, 3.05) is 0 Å². The van der Waals surface area contributed by atoms with Gasteiger partial charge in [0.2, 0.25) is 5.95 Å². The maximum atomic E-state index is 5.65. The van der Waals surface area contributed by atoms with Crippen LogP contribution in [0.1, 0.15) is 0 Å². The normalized spacial score (nSPS) is 11.5. The molecule has 0 spiro atoms. The molecule has 0 radical (unpaired) electrons. The molecule has 0 saturated carbocycles. The Kier molecular flexibility index (Phi) is 10.4. The Morgan fingerprint density at radius 2 is 0.608 bits per heavy atom. The SMILES string of the molecule is c1ccc(-c2cc(-c3nc(-c4ccccc4)nc(-n4c5ccccc5c5ccc6c7ccccc7n(-c7c(-c8ccccc8)cccc7-c7ccccc7)c6c54)n3)cc(-c3ccccc3-c3ccccc3)c2)cc1. The second-order valence-electron chi connectivity index (χ2n) is 18.7. The molecule has 74 heavy (non-hydrogen) atoms. The van der Waals surface area contributed by atoms with Crippen molar-refractivity contribution in [3.05, 3.63) is 273 Å². The number of para-hydroxylation sites is 3. The molecular formula is C69H45N5. The average molecular weight is 944 g/mol. The van der Waals surface area contributed by atoms with Crippen LogP contribution in [0.4, 0.5) is 0 Å². The van der Waals surface area contributed by atoms with E-state index < -0.39 is 0 Å². The Morgan fingerprint density at radius 3 is 1.16 bits per heavy atom. The molecule has 3 heterocycles. The maximum Gasteiger partial charge on any atom is 0.238 e. The fourth-order valence-corrected chi connectivity index (χ4v) is 11.1. The van der Waals surface area contributed by atoms with Gasteiger partial charge in [0, 0.05) is 43.8 Å². The molecule has 0 aliphatic rings. The predicted molar refractivity (Wildman–Crippen MR) is 307 cm³/mol. The van der Waals surface area contributed by atoms with E-state index in [4.69, 9.17) is 15.0 Å². The highest BCUT2D eigenvalue weighted by molar-refractivity contribution is 6.24. The van der Waals surface area contributed by atoms with Crippen LogP contribution in [-0.4, -0.2) is 24.1 Å². The monoisotopic (exact) mass is 943 g/mol. The van der Waals surface area contributed by atoms with Gasteiger partial charge in [-0.25, -0.2) is 4.98 Å². The molecule has 0 bridgehead atoms. The van der Waals surface area contributed by atoms with E-state index in [1.165, 1.54) is 0 Å². The molecule has 0 aliphatic carbocycles. The van der Waals surface area contributed by atoms with Crippen molar-refractivity contribution in [1.29, 1.82) is 0 Å². The summed E-state index contributed by atoms with van der Waals surface area (Å²) < 4.78 is 4.80. The summed E-state index contributed by atoms with van der Waals surface area (Å²) in [6, 6.07) is 97.2. The Balaban J connectivity index is 1.10. The highest BCUT2D eigenvalue weighted by atomic mass is 15.2. The minimum absolute atomic E-state index is 0.528. The lowest BCUT2D eigenvalue weighted by molar-refractivity contribution is 0.953. The highest BCUT2D eigenvalue weighted by Crippen LogP contribution is 2.46. The van der Waals surface area contributed by atoms with Crippen molar-refractivity contribution < 1.29 is 0 Å². The van der Waals surface area contributed by atoms with Gasteiger partial charge in [0.05, 0.1) is 27.8 Å². The van der Waals surface area contributed by atoms with Gasteiger partial charge in [-0.2, -0.15) is 9.97 Å². The standard InChI is InChI=1S/C69H45N5/c1-6-23-46(24-7-1)51-43-52(55-34-17-16-33-54(55)47-25-8-2-9-26-47)45-53(44-51)68-70-67(50-31-14-5-15-32-50)71-69(72-68)74-63-40-21-19-36-59(63)61-42-41-60-58-35-18-20-39-62(58)73(65(60)66(61)74)64-56(48-27-10-3-11-28-48)37-22-38-57(64)49-29-12-4-13-30-49/h1-45H. The predicted octanol–water partition coefficient (Wildman–Crippen LogP) is 17.7. The lowest BCUT2D eigenvalue weighted by atomic mass is 9.91. The molecule has 14 aromatic rings. The topological polar surface area (TPSA) is 48.5 Å². The molecule has 14 rings (SSSR count). The van der Waals surface area contributed by atoms with Gasteiger partial charge in [0.1, 0.15) is 0 Å². The van der Waals surface area contributed by atoms with Crippen molar-refractivity contribution in [2.45, 2.75) is 0 Å². The summed E-state index contributed by atoms with van der Waals surface area (Å²) in [5.74, 6) is 1.69. The van der Waals surface area contributed by atoms with Gasteiger partial charge in [-0.15, -0.1) is 0 Å². The zero-order valence-corrected chi connectivity index (χ0v) is 40.2. The summed E-state index contributed by atoms with van der Waals surface area (Å²) in [7, 11) is 0. The number of rotatable bonds is 9. The Morgan fingerprint density at radius 1 is 0.230 bits per heavy atom. The van der Waals surface area contributed by atoms with Crippen LogP contribution in [0.2, 0.25) is 0 Å². The first-order valence-corrected chi connectivity index (χ1v) is 25.1. The van der Waals surface area contributed by atoms with Crippen LogP contribution in [0, 0.1) is 0 Å². The number of aromatic nitrogens is 5. The summed E-state index contributed by atoms with van der Waals surface area (Å²) in [6.45, 7) is 0. The second kappa shape index (κ2) is 18.0. The number of hydrogen-bond acceptors (Lipinski definition) is 3. The largest absolute Gasteiger partial charge is 0.306 e. The van der Waals surface area contributed by atoms with Gasteiger partial charge in [-0.3, -0.25) is 4.57 Å². The molecular weight excluding hydrogens is 899 g/mol. The number of benzene rings is 11. The number of fused-ring (bicyclic) bond motifs is 7. The van der Waals surface area contributed by atoms with E-state index in [0.717, 1.165) is 116 Å². The Bertz CT molecular complexity index is 4330. The molecule has 3 aromatic heterocycles. The third kappa shape index (κ3) is 7.29. The minimum atomic E-state index is 0.528. The van der Waals surface area contributed by atoms with Gasteiger partial charge < -0.3 is 4.57 Å². The molecule has 0 unspecified atom stereocenters. The van der Waals surface area contributed by atoms with Gasteiger partial charge in [0.15, 0.2) is 11.6 Å². The molecule has 346 valence electrons. The van der Waals surface area contributed by atoms with Crippen molar-refractivity contribution in [2.24, 2.45) is 0 Å². The van der Waals surface area contributed by atoms with Crippen LogP contribution < -0.4 is 0 Å². The third-order valence-corrected chi connectivity index (χ3v) is 14.4. The molecule has 0 N–H and O–H groups in total. The van der Waals surface area contributed by atoms with Crippen LogP contribution in [-0.2, 0) is 0 Å². The summed E-state index contributed by atoms with van der Waals surface area (Å²) in [5.41, 5.74) is 18.3. The molecule has 0 amide bonds. The second-order valence-corrected chi connectivity index (χ2v) is 18.7. The number of hydrogen-bond donors (Lipinski definition) is 0. The van der Waals surface area contributed by atoms with E-state index in [9.17, 15) is 0 Å². The molecule has 0 fully saturated rings. The van der Waals surface area contributed by atoms with Gasteiger partial charge >= 0.3 is 0 Å². The maximum absolute atomic E-state index is 5.65. The summed E-state index contributed by atoms with van der Waals surface area (Å²) in [5, 5.41) is 4.50. The summed E-state index contributed by atoms with van der Waals surface area (Å²) in [6.07, 6.45) is 0. The summed E-state index contributed by atoms with van der Waals surface area (Å²) >= 11 is 0. The Hall–Kier alpha value is -9.97. The first kappa shape index (κ1) is 42.9. The van der Waals surface area contributed by atoms with E-state index in [1.807, 2.05) is 18.2 Å². The fraction of sp³-hybridized carbons (Fsp3) is 0. The molecule has 0 saturated heterocycles. The molecule has 5 heteroatoms. The van der Waals surface area contributed by atoms with E-state index in [2.05, 4.69) is 264 Å². The van der Waals surface area contributed by atoms with Crippen molar-refractivity contribution in [3.8, 4) is 90.0 Å². The third-order valence-electron chi connectivity index (χ3n) is 14.4. The lowest BCUT2D eigenvalue weighted by Crippen LogP contribution is -2.08. The molecule has 5 nitrogen and oxygen atoms in total. The first-order chi connectivity index (χ1) is 36.7. The molecule has 0 aliphatic heterocycles. The quantitative estimate of drug-likeness (QED) is 0.145. The zero-order chi connectivity index (χ0) is 49.0. The van der Waals surface area contributed by atoms with E-state index in [1.54, 1.807) is 0 Å². The van der Waals surface area contributed by atoms with E-state index >= 15 is 0 Å². The van der Waals surface area contributed by atoms with Gasteiger partial charge in [-0.1, -0.05) is 243 Å². The van der Waals surface area contributed by atoms with E-state index in [-0.39, 0.29) is 0 Å². The Labute approximate surface area is 428 Å².